The number of hydrogen-bond acceptors (Lipinski definition) is 5. The van der Waals surface area contributed by atoms with E-state index in [1.807, 2.05) is 44.2 Å². The van der Waals surface area contributed by atoms with Crippen molar-refractivity contribution in [2.45, 2.75) is 39.2 Å². The molecular formula is C20H25N3O3. The Hall–Kier alpha value is -2.60. The summed E-state index contributed by atoms with van der Waals surface area (Å²) in [5.74, 6) is 0.996. The third kappa shape index (κ3) is 3.96. The number of ether oxygens (including phenoxy) is 1. The number of nitrogens with one attached hydrogen (secondary N) is 2. The normalized spacial score (nSPS) is 16.2. The van der Waals surface area contributed by atoms with Gasteiger partial charge in [0, 0.05) is 30.7 Å². The molecule has 0 aliphatic heterocycles. The van der Waals surface area contributed by atoms with Crippen LogP contribution in [0.3, 0.4) is 0 Å². The number of hydrazone groups is 1. The van der Waals surface area contributed by atoms with Gasteiger partial charge in [0.15, 0.2) is 5.76 Å². The molecule has 1 amide bonds. The van der Waals surface area contributed by atoms with Crippen molar-refractivity contribution >= 4 is 17.3 Å². The number of nitrogens with zero attached hydrogens (tertiary/aromatic N) is 1. The van der Waals surface area contributed by atoms with E-state index in [0.29, 0.717) is 12.4 Å². The molecule has 1 aliphatic rings. The predicted octanol–water partition coefficient (Wildman–Crippen LogP) is 3.51. The van der Waals surface area contributed by atoms with E-state index in [1.54, 1.807) is 7.11 Å². The van der Waals surface area contributed by atoms with Crippen molar-refractivity contribution in [2.24, 2.45) is 5.10 Å². The molecule has 1 aliphatic carbocycles. The monoisotopic (exact) mass is 355 g/mol. The van der Waals surface area contributed by atoms with Gasteiger partial charge in [-0.3, -0.25) is 10.2 Å². The molecule has 26 heavy (non-hydrogen) atoms. The van der Waals surface area contributed by atoms with Crippen LogP contribution in [0.5, 0.6) is 0 Å². The SMILES string of the molecule is COCC(C)NC(=O)c1oc2c(c1C)/C(=N/Nc1ccccc1)CCC2. The summed E-state index contributed by atoms with van der Waals surface area (Å²) in [6.07, 6.45) is 2.63. The van der Waals surface area contributed by atoms with Crippen LogP contribution in [0.2, 0.25) is 0 Å². The van der Waals surface area contributed by atoms with Crippen LogP contribution in [-0.4, -0.2) is 31.4 Å². The van der Waals surface area contributed by atoms with E-state index >= 15 is 0 Å². The number of methoxy groups -OCH3 is 1. The van der Waals surface area contributed by atoms with Gasteiger partial charge in [-0.1, -0.05) is 18.2 Å². The van der Waals surface area contributed by atoms with Crippen LogP contribution >= 0.6 is 0 Å². The molecule has 0 fully saturated rings. The second kappa shape index (κ2) is 8.19. The average Bonchev–Trinajstić information content (AvgIpc) is 2.98. The van der Waals surface area contributed by atoms with Gasteiger partial charge in [0.05, 0.1) is 18.0 Å². The molecule has 0 saturated heterocycles. The summed E-state index contributed by atoms with van der Waals surface area (Å²) in [6.45, 7) is 4.27. The first-order valence-electron chi connectivity index (χ1n) is 8.90. The Morgan fingerprint density at radius 1 is 1.31 bits per heavy atom. The molecular weight excluding hydrogens is 330 g/mol. The third-order valence-corrected chi connectivity index (χ3v) is 4.42. The summed E-state index contributed by atoms with van der Waals surface area (Å²) in [4.78, 5) is 12.5. The largest absolute Gasteiger partial charge is 0.455 e. The second-order valence-electron chi connectivity index (χ2n) is 6.57. The Balaban J connectivity index is 1.83. The van der Waals surface area contributed by atoms with E-state index in [0.717, 1.165) is 47.5 Å². The molecule has 6 heteroatoms. The molecule has 1 atom stereocenters. The smallest absolute Gasteiger partial charge is 0.287 e. The minimum absolute atomic E-state index is 0.0816. The quantitative estimate of drug-likeness (QED) is 0.778. The number of carbonyl (C=O) groups excluding carboxylic acids is 1. The molecule has 3 rings (SSSR count). The Bertz CT molecular complexity index is 796. The number of anilines is 1. The molecule has 1 heterocycles. The van der Waals surface area contributed by atoms with Crippen LogP contribution in [0.25, 0.3) is 0 Å². The minimum Gasteiger partial charge on any atom is -0.455 e. The maximum Gasteiger partial charge on any atom is 0.287 e. The van der Waals surface area contributed by atoms with Gasteiger partial charge in [-0.25, -0.2) is 0 Å². The summed E-state index contributed by atoms with van der Waals surface area (Å²) in [7, 11) is 1.61. The number of furan rings is 1. The first-order chi connectivity index (χ1) is 12.6. The van der Waals surface area contributed by atoms with Crippen LogP contribution in [0.4, 0.5) is 5.69 Å². The summed E-state index contributed by atoms with van der Waals surface area (Å²) in [5, 5.41) is 7.48. The topological polar surface area (TPSA) is 75.9 Å². The molecule has 0 saturated carbocycles. The summed E-state index contributed by atoms with van der Waals surface area (Å²) in [5.41, 5.74) is 6.77. The Morgan fingerprint density at radius 2 is 2.08 bits per heavy atom. The van der Waals surface area contributed by atoms with Gasteiger partial charge in [-0.2, -0.15) is 5.10 Å². The van der Waals surface area contributed by atoms with Crippen molar-refractivity contribution in [3.05, 3.63) is 53.0 Å². The number of rotatable bonds is 6. The highest BCUT2D eigenvalue weighted by Crippen LogP contribution is 2.30. The van der Waals surface area contributed by atoms with Crippen molar-refractivity contribution in [1.29, 1.82) is 0 Å². The molecule has 6 nitrogen and oxygen atoms in total. The molecule has 2 aromatic rings. The zero-order valence-electron chi connectivity index (χ0n) is 15.5. The van der Waals surface area contributed by atoms with Crippen LogP contribution in [-0.2, 0) is 11.2 Å². The van der Waals surface area contributed by atoms with E-state index in [4.69, 9.17) is 9.15 Å². The first kappa shape index (κ1) is 18.2. The fourth-order valence-electron chi connectivity index (χ4n) is 3.22. The minimum atomic E-state index is -0.211. The maximum atomic E-state index is 12.5. The number of amides is 1. The van der Waals surface area contributed by atoms with Crippen molar-refractivity contribution < 1.29 is 13.9 Å². The van der Waals surface area contributed by atoms with Crippen LogP contribution in [0.1, 0.15) is 47.2 Å². The molecule has 2 N–H and O–H groups in total. The Kier molecular flexibility index (Phi) is 5.73. The van der Waals surface area contributed by atoms with Gasteiger partial charge >= 0.3 is 0 Å². The van der Waals surface area contributed by atoms with Gasteiger partial charge in [-0.05, 0) is 38.8 Å². The van der Waals surface area contributed by atoms with Crippen molar-refractivity contribution in [3.63, 3.8) is 0 Å². The zero-order valence-corrected chi connectivity index (χ0v) is 15.5. The van der Waals surface area contributed by atoms with Crippen molar-refractivity contribution in [2.75, 3.05) is 19.1 Å². The Morgan fingerprint density at radius 3 is 2.81 bits per heavy atom. The Labute approximate surface area is 153 Å². The van der Waals surface area contributed by atoms with Gasteiger partial charge in [0.1, 0.15) is 5.76 Å². The van der Waals surface area contributed by atoms with Crippen molar-refractivity contribution in [3.8, 4) is 0 Å². The predicted molar refractivity (Wildman–Crippen MR) is 102 cm³/mol. The maximum absolute atomic E-state index is 12.5. The van der Waals surface area contributed by atoms with Gasteiger partial charge in [-0.15, -0.1) is 0 Å². The van der Waals surface area contributed by atoms with Crippen LogP contribution in [0.15, 0.2) is 39.9 Å². The summed E-state index contributed by atoms with van der Waals surface area (Å²) >= 11 is 0. The molecule has 1 aromatic heterocycles. The zero-order chi connectivity index (χ0) is 18.5. The van der Waals surface area contributed by atoms with E-state index in [2.05, 4.69) is 15.8 Å². The van der Waals surface area contributed by atoms with E-state index in [-0.39, 0.29) is 11.9 Å². The number of carbonyl (C=O) groups is 1. The van der Waals surface area contributed by atoms with Crippen LogP contribution in [0, 0.1) is 6.92 Å². The van der Waals surface area contributed by atoms with Crippen molar-refractivity contribution in [1.82, 2.24) is 5.32 Å². The summed E-state index contributed by atoms with van der Waals surface area (Å²) in [6, 6.07) is 9.73. The van der Waals surface area contributed by atoms with Gasteiger partial charge in [0.25, 0.3) is 5.91 Å². The lowest BCUT2D eigenvalue weighted by Gasteiger charge is -2.13. The molecule has 1 aromatic carbocycles. The second-order valence-corrected chi connectivity index (χ2v) is 6.57. The highest BCUT2D eigenvalue weighted by Gasteiger charge is 2.28. The van der Waals surface area contributed by atoms with Crippen LogP contribution < -0.4 is 10.7 Å². The highest BCUT2D eigenvalue weighted by molar-refractivity contribution is 6.06. The third-order valence-electron chi connectivity index (χ3n) is 4.42. The lowest BCUT2D eigenvalue weighted by molar-refractivity contribution is 0.0875. The van der Waals surface area contributed by atoms with E-state index in [1.165, 1.54) is 0 Å². The van der Waals surface area contributed by atoms with Gasteiger partial charge < -0.3 is 14.5 Å². The lowest BCUT2D eigenvalue weighted by Crippen LogP contribution is -2.35. The molecule has 0 bridgehead atoms. The molecule has 0 spiro atoms. The fraction of sp³-hybridized carbons (Fsp3) is 0.400. The average molecular weight is 355 g/mol. The standard InChI is InChI=1S/C20H25N3O3/c1-13(12-25-3)21-20(24)19-14(2)18-16(10-7-11-17(18)26-19)23-22-15-8-5-4-6-9-15/h4-6,8-9,13,22H,7,10-12H2,1-3H3,(H,21,24)/b23-16+. The van der Waals surface area contributed by atoms with E-state index < -0.39 is 0 Å². The number of hydrogen-bond donors (Lipinski definition) is 2. The number of aryl methyl sites for hydroxylation is 1. The molecule has 0 radical (unpaired) electrons. The number of fused-ring (bicyclic) bond motifs is 1. The molecule has 1 unspecified atom stereocenters. The summed E-state index contributed by atoms with van der Waals surface area (Å²) < 4.78 is 11.0. The number of para-hydroxylation sites is 1. The highest BCUT2D eigenvalue weighted by atomic mass is 16.5. The van der Waals surface area contributed by atoms with Gasteiger partial charge in [0.2, 0.25) is 0 Å². The first-order valence-corrected chi connectivity index (χ1v) is 8.90. The lowest BCUT2D eigenvalue weighted by atomic mass is 9.93. The fourth-order valence-corrected chi connectivity index (χ4v) is 3.22. The van der Waals surface area contributed by atoms with E-state index in [9.17, 15) is 4.79 Å². The molecule has 138 valence electrons. The number of benzene rings is 1.